The van der Waals surface area contributed by atoms with Gasteiger partial charge in [0.2, 0.25) is 5.91 Å². The lowest BCUT2D eigenvalue weighted by molar-refractivity contribution is -0.132. The van der Waals surface area contributed by atoms with Gasteiger partial charge in [0, 0.05) is 19.5 Å². The van der Waals surface area contributed by atoms with Crippen LogP contribution in [0.3, 0.4) is 0 Å². The Morgan fingerprint density at radius 1 is 1.29 bits per heavy atom. The first-order valence-corrected chi connectivity index (χ1v) is 4.86. The average Bonchev–Trinajstić information content (AvgIpc) is 2.18. The topological polar surface area (TPSA) is 60.8 Å². The number of rotatable bonds is 8. The Labute approximate surface area is 84.8 Å². The fraction of sp³-hybridized carbons (Fsp3) is 0.700. The molecule has 0 bridgehead atoms. The maximum atomic E-state index is 11.5. The van der Waals surface area contributed by atoms with Crippen LogP contribution in [0.5, 0.6) is 0 Å². The lowest BCUT2D eigenvalue weighted by Gasteiger charge is -2.20. The first-order chi connectivity index (χ1) is 6.76. The first kappa shape index (κ1) is 13.1. The number of allylic oxidation sites excluding steroid dienone is 1. The molecule has 0 fully saturated rings. The van der Waals surface area contributed by atoms with Crippen molar-refractivity contribution >= 4 is 5.91 Å². The van der Waals surface area contributed by atoms with E-state index in [-0.39, 0.29) is 19.1 Å². The molecule has 0 aromatic rings. The zero-order valence-corrected chi connectivity index (χ0v) is 8.48. The normalized spacial score (nSPS) is 9.86. The Morgan fingerprint density at radius 3 is 2.29 bits per heavy atom. The summed E-state index contributed by atoms with van der Waals surface area (Å²) in [5.74, 6) is -0.0186. The van der Waals surface area contributed by atoms with Gasteiger partial charge >= 0.3 is 0 Å². The van der Waals surface area contributed by atoms with Crippen LogP contribution in [-0.2, 0) is 4.79 Å². The average molecular weight is 201 g/mol. The lowest BCUT2D eigenvalue weighted by atomic mass is 10.2. The SMILES string of the molecule is C=CCCCC(=O)N(CCO)CCO. The van der Waals surface area contributed by atoms with Gasteiger partial charge in [-0.25, -0.2) is 0 Å². The largest absolute Gasteiger partial charge is 0.395 e. The number of nitrogens with zero attached hydrogens (tertiary/aromatic N) is 1. The summed E-state index contributed by atoms with van der Waals surface area (Å²) in [6, 6.07) is 0. The molecule has 0 aliphatic carbocycles. The maximum absolute atomic E-state index is 11.5. The monoisotopic (exact) mass is 201 g/mol. The second kappa shape index (κ2) is 8.72. The van der Waals surface area contributed by atoms with Crippen molar-refractivity contribution in [3.8, 4) is 0 Å². The highest BCUT2D eigenvalue weighted by Gasteiger charge is 2.10. The molecule has 0 aliphatic heterocycles. The van der Waals surface area contributed by atoms with Crippen LogP contribution in [0.25, 0.3) is 0 Å². The summed E-state index contributed by atoms with van der Waals surface area (Å²) >= 11 is 0. The van der Waals surface area contributed by atoms with Gasteiger partial charge < -0.3 is 15.1 Å². The van der Waals surface area contributed by atoms with E-state index in [9.17, 15) is 4.79 Å². The molecule has 0 atom stereocenters. The van der Waals surface area contributed by atoms with Crippen molar-refractivity contribution in [3.05, 3.63) is 12.7 Å². The highest BCUT2D eigenvalue weighted by atomic mass is 16.3. The van der Waals surface area contributed by atoms with E-state index >= 15 is 0 Å². The Balaban J connectivity index is 3.81. The van der Waals surface area contributed by atoms with Gasteiger partial charge in [-0.05, 0) is 12.8 Å². The number of hydrogen-bond acceptors (Lipinski definition) is 3. The van der Waals surface area contributed by atoms with E-state index in [1.165, 1.54) is 4.90 Å². The van der Waals surface area contributed by atoms with Crippen molar-refractivity contribution in [2.24, 2.45) is 0 Å². The van der Waals surface area contributed by atoms with Crippen LogP contribution in [0.4, 0.5) is 0 Å². The fourth-order valence-electron chi connectivity index (χ4n) is 1.16. The maximum Gasteiger partial charge on any atom is 0.222 e. The van der Waals surface area contributed by atoms with Crippen molar-refractivity contribution in [3.63, 3.8) is 0 Å². The second-order valence-corrected chi connectivity index (χ2v) is 3.01. The predicted molar refractivity (Wildman–Crippen MR) is 54.8 cm³/mol. The third kappa shape index (κ3) is 5.72. The third-order valence-electron chi connectivity index (χ3n) is 1.89. The summed E-state index contributed by atoms with van der Waals surface area (Å²) in [6.45, 7) is 4.04. The van der Waals surface area contributed by atoms with Crippen molar-refractivity contribution in [1.82, 2.24) is 4.90 Å². The van der Waals surface area contributed by atoms with Gasteiger partial charge in [-0.15, -0.1) is 6.58 Å². The van der Waals surface area contributed by atoms with Crippen LogP contribution in [0.2, 0.25) is 0 Å². The van der Waals surface area contributed by atoms with E-state index in [1.54, 1.807) is 6.08 Å². The van der Waals surface area contributed by atoms with Gasteiger partial charge in [-0.1, -0.05) is 6.08 Å². The molecule has 2 N–H and O–H groups in total. The second-order valence-electron chi connectivity index (χ2n) is 3.01. The number of amides is 1. The standard InChI is InChI=1S/C10H19NO3/c1-2-3-4-5-10(14)11(6-8-12)7-9-13/h2,12-13H,1,3-9H2. The summed E-state index contributed by atoms with van der Waals surface area (Å²) in [4.78, 5) is 12.9. The Bertz CT molecular complexity index is 165. The molecule has 0 saturated carbocycles. The molecular formula is C10H19NO3. The summed E-state index contributed by atoms with van der Waals surface area (Å²) in [5, 5.41) is 17.4. The molecule has 14 heavy (non-hydrogen) atoms. The molecule has 0 saturated heterocycles. The van der Waals surface area contributed by atoms with E-state index in [2.05, 4.69) is 6.58 Å². The number of aliphatic hydroxyl groups excluding tert-OH is 2. The van der Waals surface area contributed by atoms with Gasteiger partial charge in [-0.3, -0.25) is 4.79 Å². The summed E-state index contributed by atoms with van der Waals surface area (Å²) < 4.78 is 0. The van der Waals surface area contributed by atoms with Gasteiger partial charge in [0.05, 0.1) is 13.2 Å². The van der Waals surface area contributed by atoms with Crippen molar-refractivity contribution in [2.45, 2.75) is 19.3 Å². The molecule has 0 aromatic carbocycles. The van der Waals surface area contributed by atoms with Gasteiger partial charge in [0.15, 0.2) is 0 Å². The number of unbranched alkanes of at least 4 members (excludes halogenated alkanes) is 1. The van der Waals surface area contributed by atoms with Gasteiger partial charge in [0.25, 0.3) is 0 Å². The highest BCUT2D eigenvalue weighted by molar-refractivity contribution is 5.76. The van der Waals surface area contributed by atoms with Crippen molar-refractivity contribution < 1.29 is 15.0 Å². The number of aliphatic hydroxyl groups is 2. The van der Waals surface area contributed by atoms with Crippen molar-refractivity contribution in [2.75, 3.05) is 26.3 Å². The van der Waals surface area contributed by atoms with Crippen LogP contribution < -0.4 is 0 Å². The smallest absolute Gasteiger partial charge is 0.222 e. The molecule has 0 spiro atoms. The summed E-state index contributed by atoms with van der Waals surface area (Å²) in [5.41, 5.74) is 0. The molecule has 4 heteroatoms. The molecule has 0 radical (unpaired) electrons. The third-order valence-corrected chi connectivity index (χ3v) is 1.89. The van der Waals surface area contributed by atoms with E-state index in [1.807, 2.05) is 0 Å². The van der Waals surface area contributed by atoms with Gasteiger partial charge in [-0.2, -0.15) is 0 Å². The van der Waals surface area contributed by atoms with E-state index in [4.69, 9.17) is 10.2 Å². The highest BCUT2D eigenvalue weighted by Crippen LogP contribution is 2.01. The van der Waals surface area contributed by atoms with E-state index < -0.39 is 0 Å². The molecule has 0 heterocycles. The molecule has 4 nitrogen and oxygen atoms in total. The Kier molecular flexibility index (Phi) is 8.17. The minimum absolute atomic E-state index is 0.0186. The number of carbonyl (C=O) groups is 1. The Morgan fingerprint density at radius 2 is 1.86 bits per heavy atom. The van der Waals surface area contributed by atoms with Crippen LogP contribution in [0.15, 0.2) is 12.7 Å². The molecular weight excluding hydrogens is 182 g/mol. The molecule has 1 amide bonds. The van der Waals surface area contributed by atoms with Gasteiger partial charge in [0.1, 0.15) is 0 Å². The summed E-state index contributed by atoms with van der Waals surface area (Å²) in [6.07, 6.45) is 3.81. The zero-order valence-electron chi connectivity index (χ0n) is 8.48. The van der Waals surface area contributed by atoms with Crippen LogP contribution in [0, 0.1) is 0 Å². The predicted octanol–water partition coefficient (Wildman–Crippen LogP) is 0.156. The molecule has 0 unspecified atom stereocenters. The minimum Gasteiger partial charge on any atom is -0.395 e. The van der Waals surface area contributed by atoms with E-state index in [0.29, 0.717) is 19.5 Å². The molecule has 0 rings (SSSR count). The summed E-state index contributed by atoms with van der Waals surface area (Å²) in [7, 11) is 0. The lowest BCUT2D eigenvalue weighted by Crippen LogP contribution is -2.35. The molecule has 82 valence electrons. The minimum atomic E-state index is -0.0623. The first-order valence-electron chi connectivity index (χ1n) is 4.86. The molecule has 0 aliphatic rings. The number of carbonyl (C=O) groups excluding carboxylic acids is 1. The zero-order chi connectivity index (χ0) is 10.8. The van der Waals surface area contributed by atoms with Crippen LogP contribution >= 0.6 is 0 Å². The fourth-order valence-corrected chi connectivity index (χ4v) is 1.16. The molecule has 0 aromatic heterocycles. The Hall–Kier alpha value is -0.870. The number of hydrogen-bond donors (Lipinski definition) is 2. The van der Waals surface area contributed by atoms with Crippen LogP contribution in [-0.4, -0.2) is 47.3 Å². The quantitative estimate of drug-likeness (QED) is 0.434. The van der Waals surface area contributed by atoms with Crippen molar-refractivity contribution in [1.29, 1.82) is 0 Å². The van der Waals surface area contributed by atoms with E-state index in [0.717, 1.165) is 12.8 Å². The van der Waals surface area contributed by atoms with Crippen LogP contribution in [0.1, 0.15) is 19.3 Å².